The monoisotopic (exact) mass is 282 g/mol. The summed E-state index contributed by atoms with van der Waals surface area (Å²) in [6, 6.07) is 14.1. The molecule has 4 nitrogen and oxygen atoms in total. The Morgan fingerprint density at radius 2 is 1.57 bits per heavy atom. The molecule has 0 bridgehead atoms. The fourth-order valence-corrected chi connectivity index (χ4v) is 2.55. The normalized spacial score (nSPS) is 14.2. The van der Waals surface area contributed by atoms with Gasteiger partial charge in [0.2, 0.25) is 0 Å². The van der Waals surface area contributed by atoms with Crippen LogP contribution in [0.5, 0.6) is 5.75 Å². The zero-order valence-electron chi connectivity index (χ0n) is 11.7. The van der Waals surface area contributed by atoms with E-state index in [9.17, 15) is 9.90 Å². The van der Waals surface area contributed by atoms with Crippen LogP contribution in [0, 0.1) is 0 Å². The van der Waals surface area contributed by atoms with E-state index in [1.165, 1.54) is 18.5 Å². The highest BCUT2D eigenvalue weighted by Gasteiger charge is 2.13. The van der Waals surface area contributed by atoms with Gasteiger partial charge in [-0.2, -0.15) is 0 Å². The lowest BCUT2D eigenvalue weighted by molar-refractivity contribution is 0.102. The van der Waals surface area contributed by atoms with Crippen molar-refractivity contribution in [2.45, 2.75) is 12.8 Å². The molecule has 108 valence electrons. The van der Waals surface area contributed by atoms with Crippen LogP contribution < -0.4 is 10.2 Å². The molecule has 1 saturated heterocycles. The van der Waals surface area contributed by atoms with Gasteiger partial charge in [-0.25, -0.2) is 0 Å². The lowest BCUT2D eigenvalue weighted by atomic mass is 10.1. The molecule has 0 spiro atoms. The third-order valence-electron chi connectivity index (χ3n) is 3.73. The van der Waals surface area contributed by atoms with Crippen LogP contribution in [0.1, 0.15) is 23.2 Å². The molecular formula is C17H18N2O2. The molecule has 21 heavy (non-hydrogen) atoms. The number of carbonyl (C=O) groups excluding carboxylic acids is 1. The maximum Gasteiger partial charge on any atom is 0.255 e. The number of phenolic OH excluding ortho intramolecular Hbond substituents is 1. The molecule has 0 atom stereocenters. The van der Waals surface area contributed by atoms with Crippen molar-refractivity contribution >= 4 is 17.3 Å². The van der Waals surface area contributed by atoms with Crippen molar-refractivity contribution in [3.05, 3.63) is 54.1 Å². The Morgan fingerprint density at radius 3 is 2.19 bits per heavy atom. The van der Waals surface area contributed by atoms with E-state index in [1.807, 2.05) is 24.3 Å². The van der Waals surface area contributed by atoms with Crippen molar-refractivity contribution in [2.75, 3.05) is 23.3 Å². The first-order chi connectivity index (χ1) is 10.2. The van der Waals surface area contributed by atoms with Gasteiger partial charge in [0.15, 0.2) is 0 Å². The van der Waals surface area contributed by atoms with Crippen LogP contribution in [0.4, 0.5) is 11.4 Å². The largest absolute Gasteiger partial charge is 0.508 e. The number of hydrogen-bond donors (Lipinski definition) is 2. The molecule has 1 heterocycles. The number of carbonyl (C=O) groups is 1. The highest BCUT2D eigenvalue weighted by molar-refractivity contribution is 6.04. The summed E-state index contributed by atoms with van der Waals surface area (Å²) >= 11 is 0. The molecule has 1 aliphatic rings. The van der Waals surface area contributed by atoms with E-state index in [2.05, 4.69) is 10.2 Å². The molecule has 0 saturated carbocycles. The Morgan fingerprint density at radius 1 is 0.952 bits per heavy atom. The third kappa shape index (κ3) is 3.16. The standard InChI is InChI=1S/C17H18N2O2/c20-16-9-5-14(6-10-16)18-17(21)13-3-7-15(8-4-13)19-11-1-2-12-19/h3-10,20H,1-2,11-12H2,(H,18,21). The van der Waals surface area contributed by atoms with E-state index in [4.69, 9.17) is 0 Å². The van der Waals surface area contributed by atoms with Gasteiger partial charge in [0.1, 0.15) is 5.75 Å². The van der Waals surface area contributed by atoms with Gasteiger partial charge in [-0.05, 0) is 61.4 Å². The summed E-state index contributed by atoms with van der Waals surface area (Å²) in [4.78, 5) is 14.5. The number of nitrogens with zero attached hydrogens (tertiary/aromatic N) is 1. The molecule has 0 radical (unpaired) electrons. The minimum atomic E-state index is -0.145. The highest BCUT2D eigenvalue weighted by Crippen LogP contribution is 2.21. The minimum absolute atomic E-state index is 0.145. The first-order valence-electron chi connectivity index (χ1n) is 7.18. The van der Waals surface area contributed by atoms with Crippen LogP contribution in [0.25, 0.3) is 0 Å². The summed E-state index contributed by atoms with van der Waals surface area (Å²) in [7, 11) is 0. The first kappa shape index (κ1) is 13.5. The molecular weight excluding hydrogens is 264 g/mol. The number of anilines is 2. The van der Waals surface area contributed by atoms with Crippen LogP contribution in [0.3, 0.4) is 0 Å². The second-order valence-corrected chi connectivity index (χ2v) is 5.24. The molecule has 1 fully saturated rings. The van der Waals surface area contributed by atoms with Gasteiger partial charge in [-0.15, -0.1) is 0 Å². The molecule has 2 aromatic carbocycles. The predicted molar refractivity (Wildman–Crippen MR) is 83.9 cm³/mol. The quantitative estimate of drug-likeness (QED) is 0.850. The molecule has 1 aliphatic heterocycles. The summed E-state index contributed by atoms with van der Waals surface area (Å²) < 4.78 is 0. The molecule has 4 heteroatoms. The summed E-state index contributed by atoms with van der Waals surface area (Å²) in [5, 5.41) is 12.0. The summed E-state index contributed by atoms with van der Waals surface area (Å²) in [6.07, 6.45) is 2.48. The van der Waals surface area contributed by atoms with Crippen LogP contribution in [0.15, 0.2) is 48.5 Å². The second-order valence-electron chi connectivity index (χ2n) is 5.24. The smallest absolute Gasteiger partial charge is 0.255 e. The van der Waals surface area contributed by atoms with Crippen molar-refractivity contribution < 1.29 is 9.90 Å². The predicted octanol–water partition coefficient (Wildman–Crippen LogP) is 3.24. The minimum Gasteiger partial charge on any atom is -0.508 e. The number of amides is 1. The topological polar surface area (TPSA) is 52.6 Å². The summed E-state index contributed by atoms with van der Waals surface area (Å²) in [5.41, 5.74) is 2.47. The Kier molecular flexibility index (Phi) is 3.77. The maximum absolute atomic E-state index is 12.1. The number of benzene rings is 2. The van der Waals surface area contributed by atoms with Crippen molar-refractivity contribution in [1.29, 1.82) is 0 Å². The Hall–Kier alpha value is -2.49. The van der Waals surface area contributed by atoms with Crippen LogP contribution in [-0.4, -0.2) is 24.1 Å². The molecule has 0 aromatic heterocycles. The van der Waals surface area contributed by atoms with Crippen molar-refractivity contribution in [3.8, 4) is 5.75 Å². The van der Waals surface area contributed by atoms with Crippen molar-refractivity contribution in [2.24, 2.45) is 0 Å². The summed E-state index contributed by atoms with van der Waals surface area (Å²) in [5.74, 6) is 0.0385. The first-order valence-corrected chi connectivity index (χ1v) is 7.18. The average molecular weight is 282 g/mol. The fraction of sp³-hybridized carbons (Fsp3) is 0.235. The molecule has 2 N–H and O–H groups in total. The Balaban J connectivity index is 1.68. The molecule has 3 rings (SSSR count). The van der Waals surface area contributed by atoms with Gasteiger partial charge in [0.25, 0.3) is 5.91 Å². The maximum atomic E-state index is 12.1. The highest BCUT2D eigenvalue weighted by atomic mass is 16.3. The number of hydrogen-bond acceptors (Lipinski definition) is 3. The number of nitrogens with one attached hydrogen (secondary N) is 1. The van der Waals surface area contributed by atoms with E-state index in [-0.39, 0.29) is 11.7 Å². The van der Waals surface area contributed by atoms with Crippen LogP contribution in [-0.2, 0) is 0 Å². The van der Waals surface area contributed by atoms with Gasteiger partial charge in [-0.1, -0.05) is 0 Å². The van der Waals surface area contributed by atoms with Gasteiger partial charge < -0.3 is 15.3 Å². The molecule has 0 unspecified atom stereocenters. The van der Waals surface area contributed by atoms with Gasteiger partial charge in [-0.3, -0.25) is 4.79 Å². The Labute approximate surface area is 124 Å². The lowest BCUT2D eigenvalue weighted by Crippen LogP contribution is -2.18. The zero-order chi connectivity index (χ0) is 14.7. The van der Waals surface area contributed by atoms with Gasteiger partial charge in [0, 0.05) is 30.0 Å². The van der Waals surface area contributed by atoms with E-state index >= 15 is 0 Å². The number of rotatable bonds is 3. The molecule has 2 aromatic rings. The van der Waals surface area contributed by atoms with Crippen molar-refractivity contribution in [1.82, 2.24) is 0 Å². The molecule has 1 amide bonds. The van der Waals surface area contributed by atoms with Crippen molar-refractivity contribution in [3.63, 3.8) is 0 Å². The Bertz CT molecular complexity index is 614. The van der Waals surface area contributed by atoms with Crippen LogP contribution in [0.2, 0.25) is 0 Å². The number of aromatic hydroxyl groups is 1. The van der Waals surface area contributed by atoms with E-state index < -0.39 is 0 Å². The van der Waals surface area contributed by atoms with Crippen LogP contribution >= 0.6 is 0 Å². The molecule has 0 aliphatic carbocycles. The van der Waals surface area contributed by atoms with Gasteiger partial charge >= 0.3 is 0 Å². The summed E-state index contributed by atoms with van der Waals surface area (Å²) in [6.45, 7) is 2.19. The van der Waals surface area contributed by atoms with E-state index in [0.717, 1.165) is 13.1 Å². The zero-order valence-corrected chi connectivity index (χ0v) is 11.7. The van der Waals surface area contributed by atoms with Gasteiger partial charge in [0.05, 0.1) is 0 Å². The third-order valence-corrected chi connectivity index (χ3v) is 3.73. The number of phenols is 1. The van der Waals surface area contributed by atoms with E-state index in [0.29, 0.717) is 11.3 Å². The fourth-order valence-electron chi connectivity index (χ4n) is 2.55. The lowest BCUT2D eigenvalue weighted by Gasteiger charge is -2.17. The van der Waals surface area contributed by atoms with E-state index in [1.54, 1.807) is 24.3 Å². The second kappa shape index (κ2) is 5.87. The SMILES string of the molecule is O=C(Nc1ccc(O)cc1)c1ccc(N2CCCC2)cc1. The average Bonchev–Trinajstić information content (AvgIpc) is 3.04.